The first-order chi connectivity index (χ1) is 8.10. The number of nitrogens with zero attached hydrogens (tertiary/aromatic N) is 1. The van der Waals surface area contributed by atoms with Crippen molar-refractivity contribution in [3.63, 3.8) is 0 Å². The third-order valence-corrected chi connectivity index (χ3v) is 3.96. The van der Waals surface area contributed by atoms with Gasteiger partial charge in [-0.25, -0.2) is 0 Å². The molecule has 0 aromatic heterocycles. The van der Waals surface area contributed by atoms with Crippen LogP contribution in [-0.4, -0.2) is 31.6 Å². The minimum Gasteiger partial charge on any atom is -0.371 e. The van der Waals surface area contributed by atoms with Gasteiger partial charge in [-0.05, 0) is 49.9 Å². The first kappa shape index (κ1) is 14.7. The fourth-order valence-corrected chi connectivity index (χ4v) is 2.75. The van der Waals surface area contributed by atoms with Crippen molar-refractivity contribution in [2.24, 2.45) is 5.73 Å². The van der Waals surface area contributed by atoms with Crippen molar-refractivity contribution in [2.45, 2.75) is 19.4 Å². The van der Waals surface area contributed by atoms with Crippen LogP contribution >= 0.6 is 23.4 Å². The second-order valence-corrected chi connectivity index (χ2v) is 5.57. The molecule has 17 heavy (non-hydrogen) atoms. The molecule has 0 radical (unpaired) electrons. The number of nitrogens with two attached hydrogens (primary N) is 1. The topological polar surface area (TPSA) is 29.3 Å². The second-order valence-electron chi connectivity index (χ2n) is 4.23. The fraction of sp³-hybridized carbons (Fsp3) is 0.538. The van der Waals surface area contributed by atoms with Crippen LogP contribution in [0.5, 0.6) is 0 Å². The van der Waals surface area contributed by atoms with Crippen LogP contribution < -0.4 is 10.6 Å². The van der Waals surface area contributed by atoms with Crippen molar-refractivity contribution in [1.82, 2.24) is 0 Å². The third-order valence-electron chi connectivity index (χ3n) is 2.90. The molecular formula is C13H21ClN2S. The molecule has 0 fully saturated rings. The summed E-state index contributed by atoms with van der Waals surface area (Å²) in [5, 5.41) is 0.781. The molecule has 0 bridgehead atoms. The summed E-state index contributed by atoms with van der Waals surface area (Å²) in [6.45, 7) is 2.88. The Balaban J connectivity index is 2.94. The van der Waals surface area contributed by atoms with Crippen molar-refractivity contribution in [1.29, 1.82) is 0 Å². The molecule has 2 nitrogen and oxygen atoms in total. The van der Waals surface area contributed by atoms with Gasteiger partial charge in [-0.15, -0.1) is 0 Å². The molecule has 1 rings (SSSR count). The van der Waals surface area contributed by atoms with Crippen molar-refractivity contribution < 1.29 is 0 Å². The van der Waals surface area contributed by atoms with Gasteiger partial charge in [0.2, 0.25) is 0 Å². The monoisotopic (exact) mass is 272 g/mol. The van der Waals surface area contributed by atoms with Gasteiger partial charge in [0, 0.05) is 29.6 Å². The third kappa shape index (κ3) is 4.09. The zero-order valence-corrected chi connectivity index (χ0v) is 12.3. The Bertz CT molecular complexity index is 357. The molecule has 1 atom stereocenters. The second kappa shape index (κ2) is 7.14. The van der Waals surface area contributed by atoms with Gasteiger partial charge in [-0.3, -0.25) is 0 Å². The van der Waals surface area contributed by atoms with Gasteiger partial charge < -0.3 is 10.6 Å². The SMILES string of the molecule is CSCC(C)N(C)c1ccc(Cl)cc1CCN. The summed E-state index contributed by atoms with van der Waals surface area (Å²) in [6.07, 6.45) is 3.00. The summed E-state index contributed by atoms with van der Waals surface area (Å²) in [5.74, 6) is 1.11. The van der Waals surface area contributed by atoms with Gasteiger partial charge in [0.1, 0.15) is 0 Å². The van der Waals surface area contributed by atoms with E-state index in [0.717, 1.165) is 17.2 Å². The molecule has 0 aliphatic heterocycles. The molecule has 0 aliphatic rings. The number of rotatable bonds is 6. The fourth-order valence-electron chi connectivity index (χ4n) is 1.84. The summed E-state index contributed by atoms with van der Waals surface area (Å²) < 4.78 is 0. The van der Waals surface area contributed by atoms with Crippen LogP contribution in [0.15, 0.2) is 18.2 Å². The lowest BCUT2D eigenvalue weighted by Crippen LogP contribution is -2.31. The molecule has 96 valence electrons. The summed E-state index contributed by atoms with van der Waals surface area (Å²) in [5.41, 5.74) is 8.12. The zero-order valence-electron chi connectivity index (χ0n) is 10.7. The Morgan fingerprint density at radius 3 is 2.76 bits per heavy atom. The first-order valence-electron chi connectivity index (χ1n) is 5.80. The van der Waals surface area contributed by atoms with E-state index >= 15 is 0 Å². The summed E-state index contributed by atoms with van der Waals surface area (Å²) in [4.78, 5) is 2.30. The summed E-state index contributed by atoms with van der Waals surface area (Å²) >= 11 is 7.90. The molecular weight excluding hydrogens is 252 g/mol. The van der Waals surface area contributed by atoms with Crippen LogP contribution in [0.1, 0.15) is 12.5 Å². The standard InChI is InChI=1S/C13H21ClN2S/c1-10(9-17-3)16(2)13-5-4-12(14)8-11(13)6-7-15/h4-5,8,10H,6-7,9,15H2,1-3H3. The van der Waals surface area contributed by atoms with E-state index in [1.807, 2.05) is 23.9 Å². The van der Waals surface area contributed by atoms with Crippen LogP contribution in [-0.2, 0) is 6.42 Å². The van der Waals surface area contributed by atoms with Gasteiger partial charge in [-0.2, -0.15) is 11.8 Å². The van der Waals surface area contributed by atoms with Crippen LogP contribution in [0.3, 0.4) is 0 Å². The van der Waals surface area contributed by atoms with Gasteiger partial charge >= 0.3 is 0 Å². The van der Waals surface area contributed by atoms with E-state index in [1.54, 1.807) is 0 Å². The van der Waals surface area contributed by atoms with E-state index in [4.69, 9.17) is 17.3 Å². The van der Waals surface area contributed by atoms with Crippen molar-refractivity contribution >= 4 is 29.1 Å². The van der Waals surface area contributed by atoms with Crippen molar-refractivity contribution in [3.05, 3.63) is 28.8 Å². The van der Waals surface area contributed by atoms with Gasteiger partial charge in [0.25, 0.3) is 0 Å². The lowest BCUT2D eigenvalue weighted by atomic mass is 10.1. The van der Waals surface area contributed by atoms with E-state index < -0.39 is 0 Å². The van der Waals surface area contributed by atoms with E-state index in [9.17, 15) is 0 Å². The van der Waals surface area contributed by atoms with Gasteiger partial charge in [0.05, 0.1) is 0 Å². The summed E-state index contributed by atoms with van der Waals surface area (Å²) in [6, 6.07) is 6.55. The van der Waals surface area contributed by atoms with Gasteiger partial charge in [0.15, 0.2) is 0 Å². The Hall–Kier alpha value is -0.380. The maximum absolute atomic E-state index is 6.03. The molecule has 0 saturated carbocycles. The number of halogens is 1. The van der Waals surface area contributed by atoms with Crippen molar-refractivity contribution in [3.8, 4) is 0 Å². The average molecular weight is 273 g/mol. The predicted molar refractivity (Wildman–Crippen MR) is 80.5 cm³/mol. The highest BCUT2D eigenvalue weighted by atomic mass is 35.5. The number of anilines is 1. The van der Waals surface area contributed by atoms with Gasteiger partial charge in [-0.1, -0.05) is 11.6 Å². The minimum absolute atomic E-state index is 0.502. The molecule has 0 aliphatic carbocycles. The Labute approximate surface area is 114 Å². The highest BCUT2D eigenvalue weighted by Gasteiger charge is 2.13. The van der Waals surface area contributed by atoms with E-state index in [2.05, 4.69) is 31.2 Å². The molecule has 0 heterocycles. The zero-order chi connectivity index (χ0) is 12.8. The molecule has 0 spiro atoms. The van der Waals surface area contributed by atoms with Crippen LogP contribution in [0.2, 0.25) is 5.02 Å². The Kier molecular flexibility index (Phi) is 6.17. The van der Waals surface area contributed by atoms with Crippen LogP contribution in [0.4, 0.5) is 5.69 Å². The molecule has 1 unspecified atom stereocenters. The van der Waals surface area contributed by atoms with E-state index in [1.165, 1.54) is 11.3 Å². The smallest absolute Gasteiger partial charge is 0.0410 e. The highest BCUT2D eigenvalue weighted by molar-refractivity contribution is 7.98. The van der Waals surface area contributed by atoms with E-state index in [-0.39, 0.29) is 0 Å². The lowest BCUT2D eigenvalue weighted by molar-refractivity contribution is 0.759. The maximum Gasteiger partial charge on any atom is 0.0410 e. The molecule has 2 N–H and O–H groups in total. The number of benzene rings is 1. The minimum atomic E-state index is 0.502. The first-order valence-corrected chi connectivity index (χ1v) is 7.57. The quantitative estimate of drug-likeness (QED) is 0.863. The largest absolute Gasteiger partial charge is 0.371 e. The van der Waals surface area contributed by atoms with Crippen LogP contribution in [0.25, 0.3) is 0 Å². The Morgan fingerprint density at radius 1 is 1.47 bits per heavy atom. The maximum atomic E-state index is 6.03. The average Bonchev–Trinajstić information content (AvgIpc) is 2.29. The van der Waals surface area contributed by atoms with E-state index in [0.29, 0.717) is 12.6 Å². The molecule has 1 aromatic carbocycles. The van der Waals surface area contributed by atoms with Crippen LogP contribution in [0, 0.1) is 0 Å². The highest BCUT2D eigenvalue weighted by Crippen LogP contribution is 2.25. The number of thioether (sulfide) groups is 1. The van der Waals surface area contributed by atoms with Crippen molar-refractivity contribution in [2.75, 3.05) is 30.5 Å². The normalized spacial score (nSPS) is 12.5. The molecule has 0 amide bonds. The summed E-state index contributed by atoms with van der Waals surface area (Å²) in [7, 11) is 2.13. The number of hydrogen-bond donors (Lipinski definition) is 1. The predicted octanol–water partition coefficient (Wildman–Crippen LogP) is 3.03. The molecule has 0 saturated heterocycles. The molecule has 4 heteroatoms. The number of hydrogen-bond acceptors (Lipinski definition) is 3. The Morgan fingerprint density at radius 2 is 2.18 bits per heavy atom. The molecule has 1 aromatic rings. The lowest BCUT2D eigenvalue weighted by Gasteiger charge is -2.28.